The fourth-order valence-electron chi connectivity index (χ4n) is 3.70. The number of rotatable bonds is 14. The average Bonchev–Trinajstić information content (AvgIpc) is 3.00. The quantitative estimate of drug-likeness (QED) is 0.163. The predicted octanol–water partition coefficient (Wildman–Crippen LogP) is 6.53. The van der Waals surface area contributed by atoms with E-state index in [9.17, 15) is 19.3 Å². The van der Waals surface area contributed by atoms with Gasteiger partial charge in [-0.25, -0.2) is 14.2 Å². The number of carbonyl (C=O) groups excluding carboxylic acids is 1. The molecule has 2 N–H and O–H groups in total. The zero-order valence-electron chi connectivity index (χ0n) is 22.1. The van der Waals surface area contributed by atoms with Crippen LogP contribution >= 0.6 is 7.82 Å². The normalized spacial score (nSPS) is 11.8. The molecule has 212 valence electrons. The van der Waals surface area contributed by atoms with E-state index in [4.69, 9.17) is 18.3 Å². The van der Waals surface area contributed by atoms with Crippen molar-refractivity contribution in [3.63, 3.8) is 0 Å². The molecule has 0 fully saturated rings. The SMILES string of the molecule is O=C(N[C@@H](Cc1ccc(OP(=O)(OCc2ccccc2)OCc2ccccc2)cc1)C(=O)O)OCc1ccccc1. The van der Waals surface area contributed by atoms with Crippen LogP contribution in [0, 0.1) is 0 Å². The Kier molecular flexibility index (Phi) is 10.7. The van der Waals surface area contributed by atoms with E-state index in [1.807, 2.05) is 78.9 Å². The smallest absolute Gasteiger partial charge is 0.480 e. The molecule has 10 heteroatoms. The third-order valence-electron chi connectivity index (χ3n) is 5.85. The standard InChI is InChI=1S/C31H30NO8P/c33-30(34)29(32-31(35)37-21-25-10-4-1-5-11-25)20-24-16-18-28(19-17-24)40-41(36,38-22-26-12-6-2-7-13-26)39-23-27-14-8-3-9-15-27/h1-19,29H,20-23H2,(H,32,35)(H,33,34)/t29-/m0/s1. The van der Waals surface area contributed by atoms with Gasteiger partial charge in [0.25, 0.3) is 0 Å². The number of carboxylic acids is 1. The fourth-order valence-corrected chi connectivity index (χ4v) is 4.88. The fraction of sp³-hybridized carbons (Fsp3) is 0.161. The maximum atomic E-state index is 13.6. The van der Waals surface area contributed by atoms with Gasteiger partial charge in [0.2, 0.25) is 0 Å². The molecule has 4 aromatic carbocycles. The first kappa shape index (κ1) is 29.6. The minimum Gasteiger partial charge on any atom is -0.480 e. The van der Waals surface area contributed by atoms with Crippen molar-refractivity contribution < 1.29 is 37.6 Å². The molecular formula is C31H30NO8P. The summed E-state index contributed by atoms with van der Waals surface area (Å²) in [6.07, 6.45) is -0.851. The monoisotopic (exact) mass is 575 g/mol. The molecule has 4 rings (SSSR count). The Labute approximate surface area is 238 Å². The molecule has 4 aromatic rings. The number of hydrogen-bond donors (Lipinski definition) is 2. The Balaban J connectivity index is 1.37. The van der Waals surface area contributed by atoms with Crippen LogP contribution in [0.1, 0.15) is 22.3 Å². The maximum absolute atomic E-state index is 13.6. The molecule has 0 saturated carbocycles. The Morgan fingerprint density at radius 1 is 0.659 bits per heavy atom. The van der Waals surface area contributed by atoms with Crippen LogP contribution in [0.2, 0.25) is 0 Å². The van der Waals surface area contributed by atoms with Gasteiger partial charge in [0.15, 0.2) is 0 Å². The predicted molar refractivity (Wildman–Crippen MR) is 152 cm³/mol. The van der Waals surface area contributed by atoms with Gasteiger partial charge in [-0.15, -0.1) is 0 Å². The molecule has 0 unspecified atom stereocenters. The van der Waals surface area contributed by atoms with Gasteiger partial charge < -0.3 is 19.7 Å². The van der Waals surface area contributed by atoms with Gasteiger partial charge in [-0.3, -0.25) is 9.05 Å². The highest BCUT2D eigenvalue weighted by Gasteiger charge is 2.29. The minimum absolute atomic E-state index is 0.0112. The summed E-state index contributed by atoms with van der Waals surface area (Å²) in [6.45, 7) is 0.0401. The second-order valence-electron chi connectivity index (χ2n) is 9.00. The number of aliphatic carboxylic acids is 1. The lowest BCUT2D eigenvalue weighted by molar-refractivity contribution is -0.139. The summed E-state index contributed by atoms with van der Waals surface area (Å²) in [5, 5.41) is 12.0. The molecule has 1 amide bonds. The van der Waals surface area contributed by atoms with Crippen LogP contribution in [0.3, 0.4) is 0 Å². The number of alkyl carbamates (subject to hydrolysis) is 1. The Morgan fingerprint density at radius 3 is 1.59 bits per heavy atom. The number of carboxylic acid groups (broad SMARTS) is 1. The summed E-state index contributed by atoms with van der Waals surface area (Å²) >= 11 is 0. The molecule has 0 aliphatic carbocycles. The topological polar surface area (TPSA) is 120 Å². The number of phosphoric acid groups is 1. The maximum Gasteiger partial charge on any atom is 0.530 e. The third-order valence-corrected chi connectivity index (χ3v) is 7.17. The molecule has 0 bridgehead atoms. The number of carbonyl (C=O) groups is 2. The van der Waals surface area contributed by atoms with E-state index < -0.39 is 25.9 Å². The summed E-state index contributed by atoms with van der Waals surface area (Å²) in [6, 6.07) is 32.6. The van der Waals surface area contributed by atoms with Gasteiger partial charge in [-0.05, 0) is 34.4 Å². The van der Waals surface area contributed by atoms with E-state index in [0.717, 1.165) is 16.7 Å². The summed E-state index contributed by atoms with van der Waals surface area (Å²) < 4.78 is 35.7. The Morgan fingerprint density at radius 2 is 1.12 bits per heavy atom. The van der Waals surface area contributed by atoms with Crippen LogP contribution in [-0.2, 0) is 49.4 Å². The van der Waals surface area contributed by atoms with Crippen molar-refractivity contribution in [2.45, 2.75) is 32.3 Å². The lowest BCUT2D eigenvalue weighted by atomic mass is 10.1. The number of hydrogen-bond acceptors (Lipinski definition) is 7. The Hall–Kier alpha value is -4.43. The molecule has 0 aliphatic heterocycles. The highest BCUT2D eigenvalue weighted by molar-refractivity contribution is 7.48. The van der Waals surface area contributed by atoms with Crippen LogP contribution in [-0.4, -0.2) is 23.2 Å². The van der Waals surface area contributed by atoms with E-state index in [1.54, 1.807) is 24.3 Å². The zero-order valence-corrected chi connectivity index (χ0v) is 23.0. The van der Waals surface area contributed by atoms with E-state index in [0.29, 0.717) is 5.56 Å². The first-order chi connectivity index (χ1) is 19.9. The molecule has 0 aromatic heterocycles. The highest BCUT2D eigenvalue weighted by Crippen LogP contribution is 2.51. The lowest BCUT2D eigenvalue weighted by Crippen LogP contribution is -2.42. The van der Waals surface area contributed by atoms with Crippen molar-refractivity contribution in [2.24, 2.45) is 0 Å². The van der Waals surface area contributed by atoms with Crippen LogP contribution < -0.4 is 9.84 Å². The van der Waals surface area contributed by atoms with Crippen LogP contribution in [0.5, 0.6) is 5.75 Å². The largest absolute Gasteiger partial charge is 0.530 e. The average molecular weight is 576 g/mol. The number of amides is 1. The molecule has 0 radical (unpaired) electrons. The molecule has 0 heterocycles. The summed E-state index contributed by atoms with van der Waals surface area (Å²) in [5.74, 6) is -1.00. The second kappa shape index (κ2) is 14.8. The number of nitrogens with one attached hydrogen (secondary N) is 1. The van der Waals surface area contributed by atoms with Gasteiger partial charge in [0.1, 0.15) is 18.4 Å². The molecule has 9 nitrogen and oxygen atoms in total. The van der Waals surface area contributed by atoms with Gasteiger partial charge >= 0.3 is 19.9 Å². The van der Waals surface area contributed by atoms with Gasteiger partial charge in [0.05, 0.1) is 13.2 Å². The number of ether oxygens (including phenoxy) is 1. The second-order valence-corrected chi connectivity index (χ2v) is 10.6. The van der Waals surface area contributed by atoms with Crippen LogP contribution in [0.4, 0.5) is 4.79 Å². The van der Waals surface area contributed by atoms with E-state index >= 15 is 0 Å². The van der Waals surface area contributed by atoms with Crippen molar-refractivity contribution in [1.29, 1.82) is 0 Å². The van der Waals surface area contributed by atoms with E-state index in [1.165, 1.54) is 12.1 Å². The van der Waals surface area contributed by atoms with E-state index in [2.05, 4.69) is 5.32 Å². The van der Waals surface area contributed by atoms with Crippen molar-refractivity contribution in [3.05, 3.63) is 138 Å². The van der Waals surface area contributed by atoms with Gasteiger partial charge in [-0.2, -0.15) is 0 Å². The number of phosphoric ester groups is 1. The van der Waals surface area contributed by atoms with Crippen molar-refractivity contribution in [3.8, 4) is 5.75 Å². The molecule has 0 aliphatic rings. The first-order valence-corrected chi connectivity index (χ1v) is 14.3. The molecule has 41 heavy (non-hydrogen) atoms. The molecule has 0 spiro atoms. The first-order valence-electron chi connectivity index (χ1n) is 12.8. The molecule has 1 atom stereocenters. The van der Waals surface area contributed by atoms with Crippen LogP contribution in [0.15, 0.2) is 115 Å². The van der Waals surface area contributed by atoms with Crippen molar-refractivity contribution in [2.75, 3.05) is 0 Å². The van der Waals surface area contributed by atoms with Gasteiger partial charge in [0, 0.05) is 6.42 Å². The van der Waals surface area contributed by atoms with E-state index in [-0.39, 0.29) is 32.0 Å². The summed E-state index contributed by atoms with van der Waals surface area (Å²) in [4.78, 5) is 24.0. The van der Waals surface area contributed by atoms with Crippen molar-refractivity contribution >= 4 is 19.9 Å². The highest BCUT2D eigenvalue weighted by atomic mass is 31.2. The summed E-state index contributed by atoms with van der Waals surface area (Å²) in [7, 11) is -4.05. The van der Waals surface area contributed by atoms with Crippen molar-refractivity contribution in [1.82, 2.24) is 5.32 Å². The number of benzene rings is 4. The lowest BCUT2D eigenvalue weighted by Gasteiger charge is -2.19. The molecular weight excluding hydrogens is 545 g/mol. The van der Waals surface area contributed by atoms with Gasteiger partial charge in [-0.1, -0.05) is 103 Å². The zero-order chi connectivity index (χ0) is 28.9. The molecule has 0 saturated heterocycles. The minimum atomic E-state index is -4.05. The summed E-state index contributed by atoms with van der Waals surface area (Å²) in [5.41, 5.74) is 2.97. The van der Waals surface area contributed by atoms with Crippen LogP contribution in [0.25, 0.3) is 0 Å². The third kappa shape index (κ3) is 9.92. The Bertz CT molecular complexity index is 1390.